The van der Waals surface area contributed by atoms with Crippen molar-refractivity contribution in [3.05, 3.63) is 28.5 Å². The molecule has 1 aliphatic rings. The highest BCUT2D eigenvalue weighted by Gasteiger charge is 2.40. The summed E-state index contributed by atoms with van der Waals surface area (Å²) in [7, 11) is 2.96. The lowest BCUT2D eigenvalue weighted by atomic mass is 9.88. The third kappa shape index (κ3) is 3.04. The van der Waals surface area contributed by atoms with E-state index < -0.39 is 5.60 Å². The summed E-state index contributed by atoms with van der Waals surface area (Å²) in [5, 5.41) is 12.7. The van der Waals surface area contributed by atoms with Crippen molar-refractivity contribution in [2.75, 3.05) is 27.3 Å². The zero-order valence-electron chi connectivity index (χ0n) is 13.4. The summed E-state index contributed by atoms with van der Waals surface area (Å²) in [6.45, 7) is 0.813. The van der Waals surface area contributed by atoms with Crippen molar-refractivity contribution >= 4 is 17.2 Å². The van der Waals surface area contributed by atoms with E-state index in [0.29, 0.717) is 43.2 Å². The van der Waals surface area contributed by atoms with Crippen molar-refractivity contribution in [2.24, 2.45) is 0 Å². The van der Waals surface area contributed by atoms with Gasteiger partial charge in [0.05, 0.1) is 25.9 Å². The molecule has 0 aromatic carbocycles. The second kappa shape index (κ2) is 6.70. The lowest BCUT2D eigenvalue weighted by Gasteiger charge is -2.37. The Morgan fingerprint density at radius 1 is 1.29 bits per heavy atom. The third-order valence-corrected chi connectivity index (χ3v) is 4.68. The van der Waals surface area contributed by atoms with E-state index in [1.807, 2.05) is 0 Å². The molecule has 1 aliphatic heterocycles. The van der Waals surface area contributed by atoms with Crippen molar-refractivity contribution in [1.82, 2.24) is 19.9 Å². The van der Waals surface area contributed by atoms with Crippen LogP contribution in [0, 0.1) is 0 Å². The zero-order chi connectivity index (χ0) is 17.2. The average Bonchev–Trinajstić information content (AvgIpc) is 3.15. The van der Waals surface area contributed by atoms with Gasteiger partial charge in [0.2, 0.25) is 11.8 Å². The molecule has 9 heteroatoms. The molecule has 3 heterocycles. The van der Waals surface area contributed by atoms with Crippen molar-refractivity contribution < 1.29 is 19.4 Å². The van der Waals surface area contributed by atoms with Gasteiger partial charge in [-0.15, -0.1) is 11.3 Å². The molecular weight excluding hydrogens is 332 g/mol. The first kappa shape index (κ1) is 16.6. The maximum absolute atomic E-state index is 12.3. The van der Waals surface area contributed by atoms with E-state index in [1.54, 1.807) is 15.8 Å². The molecule has 0 saturated carbocycles. The van der Waals surface area contributed by atoms with Crippen LogP contribution in [0.25, 0.3) is 0 Å². The van der Waals surface area contributed by atoms with Gasteiger partial charge in [-0.05, 0) is 12.8 Å². The fourth-order valence-electron chi connectivity index (χ4n) is 2.71. The summed E-state index contributed by atoms with van der Waals surface area (Å²) in [4.78, 5) is 26.5. The number of ether oxygens (including phenoxy) is 2. The number of likely N-dealkylation sites (tertiary alicyclic amines) is 1. The largest absolute Gasteiger partial charge is 0.480 e. The van der Waals surface area contributed by atoms with Gasteiger partial charge in [-0.2, -0.15) is 4.98 Å². The summed E-state index contributed by atoms with van der Waals surface area (Å²) in [6.07, 6.45) is 2.14. The number of piperidine rings is 1. The van der Waals surface area contributed by atoms with Crippen molar-refractivity contribution in [2.45, 2.75) is 18.4 Å². The summed E-state index contributed by atoms with van der Waals surface area (Å²) >= 11 is 1.38. The average molecular weight is 350 g/mol. The van der Waals surface area contributed by atoms with Crippen LogP contribution in [0.5, 0.6) is 11.8 Å². The number of hydrogen-bond acceptors (Lipinski definition) is 8. The van der Waals surface area contributed by atoms with Crippen LogP contribution in [0.3, 0.4) is 0 Å². The van der Waals surface area contributed by atoms with Crippen LogP contribution in [0.2, 0.25) is 0 Å². The Morgan fingerprint density at radius 3 is 2.62 bits per heavy atom. The van der Waals surface area contributed by atoms with Gasteiger partial charge in [0.15, 0.2) is 0 Å². The van der Waals surface area contributed by atoms with Crippen molar-refractivity contribution in [3.63, 3.8) is 0 Å². The predicted molar refractivity (Wildman–Crippen MR) is 86.3 cm³/mol. The van der Waals surface area contributed by atoms with Crippen LogP contribution in [0.15, 0.2) is 17.1 Å². The molecule has 0 bridgehead atoms. The topological polar surface area (TPSA) is 97.7 Å². The quantitative estimate of drug-likeness (QED) is 0.881. The maximum Gasteiger partial charge on any atom is 0.273 e. The van der Waals surface area contributed by atoms with Crippen LogP contribution in [-0.4, -0.2) is 58.2 Å². The molecule has 1 N–H and O–H groups in total. The van der Waals surface area contributed by atoms with Crippen LogP contribution >= 0.6 is 11.3 Å². The summed E-state index contributed by atoms with van der Waals surface area (Å²) in [5.74, 6) is 0.428. The van der Waals surface area contributed by atoms with Crippen molar-refractivity contribution in [1.29, 1.82) is 0 Å². The van der Waals surface area contributed by atoms with E-state index in [0.717, 1.165) is 0 Å². The van der Waals surface area contributed by atoms with Gasteiger partial charge in [-0.1, -0.05) is 0 Å². The van der Waals surface area contributed by atoms with Crippen molar-refractivity contribution in [3.8, 4) is 11.8 Å². The molecule has 8 nitrogen and oxygen atoms in total. The molecule has 128 valence electrons. The van der Waals surface area contributed by atoms with Crippen LogP contribution in [-0.2, 0) is 5.60 Å². The van der Waals surface area contributed by atoms with Crippen LogP contribution in [0.1, 0.15) is 29.0 Å². The number of methoxy groups -OCH3 is 2. The number of rotatable bonds is 4. The molecule has 0 aliphatic carbocycles. The zero-order valence-corrected chi connectivity index (χ0v) is 14.2. The van der Waals surface area contributed by atoms with Gasteiger partial charge in [-0.3, -0.25) is 4.79 Å². The summed E-state index contributed by atoms with van der Waals surface area (Å²) in [6, 6.07) is 0. The number of aromatic nitrogens is 3. The Hall–Kier alpha value is -2.26. The second-order valence-corrected chi connectivity index (χ2v) is 6.19. The molecule has 1 fully saturated rings. The number of thiazole rings is 1. The highest BCUT2D eigenvalue weighted by Crippen LogP contribution is 2.36. The number of hydrogen-bond donors (Lipinski definition) is 1. The van der Waals surface area contributed by atoms with Crippen LogP contribution in [0.4, 0.5) is 0 Å². The molecule has 0 radical (unpaired) electrons. The SMILES string of the molecule is COc1cnc(C2(O)CCN(C(=O)c3cscn3)CC2)c(OC)n1. The second-order valence-electron chi connectivity index (χ2n) is 5.47. The molecular formula is C15H18N4O4S. The molecule has 1 saturated heterocycles. The Morgan fingerprint density at radius 2 is 2.04 bits per heavy atom. The van der Waals surface area contributed by atoms with Gasteiger partial charge in [-0.25, -0.2) is 9.97 Å². The molecule has 0 unspecified atom stereocenters. The van der Waals surface area contributed by atoms with E-state index >= 15 is 0 Å². The normalized spacial score (nSPS) is 16.7. The Labute approximate surface area is 143 Å². The number of carbonyl (C=O) groups excluding carboxylic acids is 1. The smallest absolute Gasteiger partial charge is 0.273 e. The third-order valence-electron chi connectivity index (χ3n) is 4.09. The first-order valence-electron chi connectivity index (χ1n) is 7.43. The highest BCUT2D eigenvalue weighted by atomic mass is 32.1. The molecule has 2 aromatic heterocycles. The fourth-order valence-corrected chi connectivity index (χ4v) is 3.24. The monoisotopic (exact) mass is 350 g/mol. The molecule has 3 rings (SSSR count). The number of amides is 1. The van der Waals surface area contributed by atoms with E-state index in [1.165, 1.54) is 31.8 Å². The minimum atomic E-state index is -1.19. The van der Waals surface area contributed by atoms with Crippen LogP contribution < -0.4 is 9.47 Å². The molecule has 24 heavy (non-hydrogen) atoms. The Kier molecular flexibility index (Phi) is 4.63. The van der Waals surface area contributed by atoms with Gasteiger partial charge in [0.1, 0.15) is 17.0 Å². The lowest BCUT2D eigenvalue weighted by molar-refractivity contribution is -0.0266. The minimum Gasteiger partial charge on any atom is -0.480 e. The Bertz CT molecular complexity index is 714. The van der Waals surface area contributed by atoms with E-state index in [4.69, 9.17) is 9.47 Å². The lowest BCUT2D eigenvalue weighted by Crippen LogP contribution is -2.45. The molecule has 1 amide bonds. The first-order chi connectivity index (χ1) is 11.6. The molecule has 0 spiro atoms. The van der Waals surface area contributed by atoms with E-state index in [2.05, 4.69) is 15.0 Å². The van der Waals surface area contributed by atoms with E-state index in [-0.39, 0.29) is 11.8 Å². The predicted octanol–water partition coefficient (Wildman–Crippen LogP) is 1.07. The Balaban J connectivity index is 1.76. The van der Waals surface area contributed by atoms with Gasteiger partial charge < -0.3 is 19.5 Å². The standard InChI is InChI=1S/C15H18N4O4S/c1-22-11-7-16-12(13(18-11)23-2)15(21)3-5-19(6-4-15)14(20)10-8-24-9-17-10/h7-9,21H,3-6H2,1-2H3. The fraction of sp³-hybridized carbons (Fsp3) is 0.467. The van der Waals surface area contributed by atoms with E-state index in [9.17, 15) is 9.90 Å². The molecule has 0 atom stereocenters. The maximum atomic E-state index is 12.3. The number of aliphatic hydroxyl groups is 1. The van der Waals surface area contributed by atoms with Gasteiger partial charge >= 0.3 is 0 Å². The van der Waals surface area contributed by atoms with Gasteiger partial charge in [0, 0.05) is 18.5 Å². The van der Waals surface area contributed by atoms with Gasteiger partial charge in [0.25, 0.3) is 5.91 Å². The summed E-state index contributed by atoms with van der Waals surface area (Å²) < 4.78 is 10.3. The summed E-state index contributed by atoms with van der Waals surface area (Å²) in [5.41, 5.74) is 1.24. The molecule has 2 aromatic rings. The highest BCUT2D eigenvalue weighted by molar-refractivity contribution is 7.07. The number of carbonyl (C=O) groups is 1. The minimum absolute atomic E-state index is 0.119. The first-order valence-corrected chi connectivity index (χ1v) is 8.37. The number of nitrogens with zero attached hydrogens (tertiary/aromatic N) is 4.